The molecule has 0 heterocycles. The first-order valence-electron chi connectivity index (χ1n) is 4.09. The van der Waals surface area contributed by atoms with E-state index in [1.807, 2.05) is 0 Å². The zero-order valence-electron chi connectivity index (χ0n) is 8.13. The highest BCUT2D eigenvalue weighted by molar-refractivity contribution is 5.91. The van der Waals surface area contributed by atoms with Gasteiger partial charge in [0.05, 0.1) is 12.7 Å². The van der Waals surface area contributed by atoms with Gasteiger partial charge in [-0.2, -0.15) is 0 Å². The normalized spacial score (nSPS) is 8.93. The third-order valence-corrected chi connectivity index (χ3v) is 1.81. The number of carbonyl (C=O) groups excluding carboxylic acids is 1. The SMILES string of the molecule is C#Cc1cc(NC)cc(C(=O)OC)c1. The first-order chi connectivity index (χ1) is 6.71. The Bertz CT molecular complexity index is 391. The van der Waals surface area contributed by atoms with Crippen molar-refractivity contribution < 1.29 is 9.53 Å². The molecular weight excluding hydrogens is 178 g/mol. The third kappa shape index (κ3) is 2.05. The molecular formula is C11H11NO2. The topological polar surface area (TPSA) is 38.3 Å². The van der Waals surface area contributed by atoms with E-state index in [0.29, 0.717) is 11.1 Å². The first-order valence-corrected chi connectivity index (χ1v) is 4.09. The number of carbonyl (C=O) groups is 1. The number of methoxy groups -OCH3 is 1. The van der Waals surface area contributed by atoms with Crippen LogP contribution in [0.15, 0.2) is 18.2 Å². The van der Waals surface area contributed by atoms with Crippen LogP contribution >= 0.6 is 0 Å². The van der Waals surface area contributed by atoms with Crippen LogP contribution in [0.3, 0.4) is 0 Å². The number of esters is 1. The second-order valence-corrected chi connectivity index (χ2v) is 2.68. The maximum absolute atomic E-state index is 11.2. The van der Waals surface area contributed by atoms with Crippen LogP contribution in [0, 0.1) is 12.3 Å². The Morgan fingerprint density at radius 1 is 1.50 bits per heavy atom. The lowest BCUT2D eigenvalue weighted by atomic mass is 10.1. The summed E-state index contributed by atoms with van der Waals surface area (Å²) < 4.78 is 4.60. The van der Waals surface area contributed by atoms with Crippen molar-refractivity contribution in [1.29, 1.82) is 0 Å². The van der Waals surface area contributed by atoms with E-state index in [-0.39, 0.29) is 0 Å². The van der Waals surface area contributed by atoms with E-state index >= 15 is 0 Å². The van der Waals surface area contributed by atoms with Gasteiger partial charge in [0.2, 0.25) is 0 Å². The summed E-state index contributed by atoms with van der Waals surface area (Å²) in [4.78, 5) is 11.2. The minimum absolute atomic E-state index is 0.390. The molecule has 1 rings (SSSR count). The molecule has 0 aliphatic heterocycles. The van der Waals surface area contributed by atoms with Crippen LogP contribution in [0.1, 0.15) is 15.9 Å². The number of ether oxygens (including phenoxy) is 1. The maximum atomic E-state index is 11.2. The average Bonchev–Trinajstić information content (AvgIpc) is 2.27. The van der Waals surface area contributed by atoms with Gasteiger partial charge in [-0.25, -0.2) is 4.79 Å². The fourth-order valence-electron chi connectivity index (χ4n) is 1.09. The van der Waals surface area contributed by atoms with E-state index in [9.17, 15) is 4.79 Å². The molecule has 0 bridgehead atoms. The van der Waals surface area contributed by atoms with E-state index < -0.39 is 5.97 Å². The maximum Gasteiger partial charge on any atom is 0.337 e. The Morgan fingerprint density at radius 2 is 2.21 bits per heavy atom. The van der Waals surface area contributed by atoms with Gasteiger partial charge in [0, 0.05) is 18.3 Å². The summed E-state index contributed by atoms with van der Waals surface area (Å²) in [6, 6.07) is 5.09. The minimum atomic E-state index is -0.390. The van der Waals surface area contributed by atoms with E-state index in [1.54, 1.807) is 25.2 Å². The summed E-state index contributed by atoms with van der Waals surface area (Å²) in [5.74, 6) is 2.08. The Kier molecular flexibility index (Phi) is 3.14. The van der Waals surface area contributed by atoms with Gasteiger partial charge in [-0.05, 0) is 18.2 Å². The number of nitrogens with one attached hydrogen (secondary N) is 1. The Morgan fingerprint density at radius 3 is 2.71 bits per heavy atom. The first kappa shape index (κ1) is 10.1. The van der Waals surface area contributed by atoms with Gasteiger partial charge < -0.3 is 10.1 Å². The molecule has 0 radical (unpaired) electrons. The summed E-state index contributed by atoms with van der Waals surface area (Å²) >= 11 is 0. The van der Waals surface area contributed by atoms with Crippen molar-refractivity contribution in [1.82, 2.24) is 0 Å². The molecule has 0 aliphatic rings. The number of benzene rings is 1. The summed E-state index contributed by atoms with van der Waals surface area (Å²) in [7, 11) is 3.10. The second-order valence-electron chi connectivity index (χ2n) is 2.68. The fourth-order valence-corrected chi connectivity index (χ4v) is 1.09. The summed E-state index contributed by atoms with van der Waals surface area (Å²) in [5, 5.41) is 2.92. The van der Waals surface area contributed by atoms with E-state index in [1.165, 1.54) is 7.11 Å². The zero-order valence-corrected chi connectivity index (χ0v) is 8.13. The molecule has 1 aromatic rings. The molecule has 1 N–H and O–H groups in total. The molecule has 0 unspecified atom stereocenters. The van der Waals surface area contributed by atoms with E-state index in [4.69, 9.17) is 6.42 Å². The van der Waals surface area contributed by atoms with Crippen molar-refractivity contribution in [3.05, 3.63) is 29.3 Å². The van der Waals surface area contributed by atoms with Gasteiger partial charge in [0.15, 0.2) is 0 Å². The highest BCUT2D eigenvalue weighted by atomic mass is 16.5. The molecule has 0 atom stereocenters. The molecule has 0 spiro atoms. The van der Waals surface area contributed by atoms with Gasteiger partial charge in [-0.15, -0.1) is 6.42 Å². The average molecular weight is 189 g/mol. The van der Waals surface area contributed by atoms with Crippen LogP contribution in [0.4, 0.5) is 5.69 Å². The smallest absolute Gasteiger partial charge is 0.337 e. The number of hydrogen-bond acceptors (Lipinski definition) is 3. The molecule has 0 aliphatic carbocycles. The van der Waals surface area contributed by atoms with Crippen molar-refractivity contribution in [2.24, 2.45) is 0 Å². The predicted molar refractivity (Wildman–Crippen MR) is 55.3 cm³/mol. The molecule has 3 nitrogen and oxygen atoms in total. The van der Waals surface area contributed by atoms with Crippen molar-refractivity contribution >= 4 is 11.7 Å². The van der Waals surface area contributed by atoms with Crippen molar-refractivity contribution in [3.63, 3.8) is 0 Å². The predicted octanol–water partition coefficient (Wildman–Crippen LogP) is 1.50. The van der Waals surface area contributed by atoms with Crippen LogP contribution < -0.4 is 5.32 Å². The molecule has 0 saturated heterocycles. The van der Waals surface area contributed by atoms with Gasteiger partial charge in [0.1, 0.15) is 0 Å². The molecule has 72 valence electrons. The lowest BCUT2D eigenvalue weighted by Crippen LogP contribution is -2.02. The van der Waals surface area contributed by atoms with Crippen LogP contribution in [0.2, 0.25) is 0 Å². The van der Waals surface area contributed by atoms with E-state index in [2.05, 4.69) is 16.0 Å². The largest absolute Gasteiger partial charge is 0.465 e. The Balaban J connectivity index is 3.19. The van der Waals surface area contributed by atoms with Gasteiger partial charge in [-0.1, -0.05) is 5.92 Å². The molecule has 1 aromatic carbocycles. The number of hydrogen-bond donors (Lipinski definition) is 1. The van der Waals surface area contributed by atoms with Crippen molar-refractivity contribution in [2.45, 2.75) is 0 Å². The van der Waals surface area contributed by atoms with E-state index in [0.717, 1.165) is 5.69 Å². The van der Waals surface area contributed by atoms with Gasteiger partial charge in [-0.3, -0.25) is 0 Å². The van der Waals surface area contributed by atoms with Crippen LogP contribution in [-0.2, 0) is 4.74 Å². The van der Waals surface area contributed by atoms with Crippen LogP contribution in [0.25, 0.3) is 0 Å². The van der Waals surface area contributed by atoms with Crippen LogP contribution in [0.5, 0.6) is 0 Å². The fraction of sp³-hybridized carbons (Fsp3) is 0.182. The van der Waals surface area contributed by atoms with Gasteiger partial charge in [0.25, 0.3) is 0 Å². The third-order valence-electron chi connectivity index (χ3n) is 1.81. The molecule has 0 saturated carbocycles. The summed E-state index contributed by atoms with van der Waals surface area (Å²) in [6.45, 7) is 0. The number of terminal acetylenes is 1. The van der Waals surface area contributed by atoms with Crippen LogP contribution in [-0.4, -0.2) is 20.1 Å². The zero-order chi connectivity index (χ0) is 10.6. The summed E-state index contributed by atoms with van der Waals surface area (Å²) in [6.07, 6.45) is 5.25. The lowest BCUT2D eigenvalue weighted by molar-refractivity contribution is 0.0601. The Labute approximate surface area is 83.1 Å². The quantitative estimate of drug-likeness (QED) is 0.566. The molecule has 0 aromatic heterocycles. The highest BCUT2D eigenvalue weighted by Gasteiger charge is 2.07. The molecule has 0 amide bonds. The molecule has 14 heavy (non-hydrogen) atoms. The number of rotatable bonds is 2. The van der Waals surface area contributed by atoms with Crippen molar-refractivity contribution in [3.8, 4) is 12.3 Å². The van der Waals surface area contributed by atoms with Gasteiger partial charge >= 0.3 is 5.97 Å². The summed E-state index contributed by atoms with van der Waals surface area (Å²) in [5.41, 5.74) is 1.89. The van der Waals surface area contributed by atoms with Crippen molar-refractivity contribution in [2.75, 3.05) is 19.5 Å². The lowest BCUT2D eigenvalue weighted by Gasteiger charge is -2.04. The highest BCUT2D eigenvalue weighted by Crippen LogP contribution is 2.14. The molecule has 0 fully saturated rings. The number of anilines is 1. The standard InChI is InChI=1S/C11H11NO2/c1-4-8-5-9(11(13)14-3)7-10(6-8)12-2/h1,5-7,12H,2-3H3. The molecule has 3 heteroatoms. The second kappa shape index (κ2) is 4.33. The Hall–Kier alpha value is -1.95. The minimum Gasteiger partial charge on any atom is -0.465 e. The monoisotopic (exact) mass is 189 g/mol.